The number of hydrogen-bond donors (Lipinski definition) is 0. The molecule has 0 bridgehead atoms. The van der Waals surface area contributed by atoms with Crippen molar-refractivity contribution < 1.29 is 4.79 Å². The van der Waals surface area contributed by atoms with E-state index in [1.54, 1.807) is 11.6 Å². The number of carbonyl (C=O) groups excluding carboxylic acids is 1. The van der Waals surface area contributed by atoms with E-state index in [4.69, 9.17) is 9.97 Å². The van der Waals surface area contributed by atoms with E-state index >= 15 is 0 Å². The molecule has 0 aliphatic carbocycles. The van der Waals surface area contributed by atoms with Crippen LogP contribution in [0.4, 0.5) is 5.82 Å². The van der Waals surface area contributed by atoms with E-state index in [9.17, 15) is 4.79 Å². The van der Waals surface area contributed by atoms with Gasteiger partial charge in [0.1, 0.15) is 5.69 Å². The van der Waals surface area contributed by atoms with Crippen LogP contribution in [-0.4, -0.2) is 50.2 Å². The number of aromatic nitrogens is 4. The van der Waals surface area contributed by atoms with Gasteiger partial charge in [0.2, 0.25) is 5.91 Å². The minimum absolute atomic E-state index is 0.0839. The smallest absolute Gasteiger partial charge is 0.219 e. The normalized spacial score (nSPS) is 16.9. The zero-order valence-corrected chi connectivity index (χ0v) is 14.6. The summed E-state index contributed by atoms with van der Waals surface area (Å²) in [6.07, 6.45) is 9.94. The van der Waals surface area contributed by atoms with E-state index in [1.165, 1.54) is 0 Å². The molecule has 130 valence electrons. The molecule has 2 aromatic heterocycles. The van der Waals surface area contributed by atoms with Crippen molar-refractivity contribution in [3.05, 3.63) is 35.9 Å². The highest BCUT2D eigenvalue weighted by atomic mass is 16.2. The first-order valence-corrected chi connectivity index (χ1v) is 8.66. The Kier molecular flexibility index (Phi) is 3.99. The molecule has 0 unspecified atom stereocenters. The Morgan fingerprint density at radius 2 is 2.04 bits per heavy atom. The van der Waals surface area contributed by atoms with Crippen molar-refractivity contribution >= 4 is 11.7 Å². The van der Waals surface area contributed by atoms with E-state index in [0.717, 1.165) is 54.4 Å². The van der Waals surface area contributed by atoms with E-state index < -0.39 is 0 Å². The van der Waals surface area contributed by atoms with E-state index in [1.807, 2.05) is 24.3 Å². The summed E-state index contributed by atoms with van der Waals surface area (Å²) in [5.74, 6) is 1.01. The minimum Gasteiger partial charge on any atom is -0.351 e. The van der Waals surface area contributed by atoms with Gasteiger partial charge in [0.15, 0.2) is 5.82 Å². The highest BCUT2D eigenvalue weighted by molar-refractivity contribution is 5.74. The maximum absolute atomic E-state index is 11.7. The average Bonchev–Trinajstić information content (AvgIpc) is 3.07. The molecule has 7 heteroatoms. The first kappa shape index (κ1) is 15.8. The third-order valence-corrected chi connectivity index (χ3v) is 4.77. The van der Waals surface area contributed by atoms with Gasteiger partial charge in [-0.3, -0.25) is 9.48 Å². The SMILES string of the molecule is CC(=O)N1CCc2nc(N3CC=CCC3)c(-c3cnn(C)c3)nc2C1. The minimum atomic E-state index is 0.0839. The Hall–Kier alpha value is -2.70. The predicted octanol–water partition coefficient (Wildman–Crippen LogP) is 1.55. The Labute approximate surface area is 147 Å². The van der Waals surface area contributed by atoms with Crippen molar-refractivity contribution in [3.8, 4) is 11.3 Å². The average molecular weight is 338 g/mol. The van der Waals surface area contributed by atoms with Gasteiger partial charge in [0.05, 0.1) is 24.1 Å². The molecule has 0 radical (unpaired) electrons. The molecule has 2 aliphatic heterocycles. The van der Waals surface area contributed by atoms with Crippen LogP contribution >= 0.6 is 0 Å². The lowest BCUT2D eigenvalue weighted by Gasteiger charge is -2.30. The summed E-state index contributed by atoms with van der Waals surface area (Å²) in [7, 11) is 1.90. The lowest BCUT2D eigenvalue weighted by molar-refractivity contribution is -0.129. The largest absolute Gasteiger partial charge is 0.351 e. The Bertz CT molecular complexity index is 840. The number of aryl methyl sites for hydroxylation is 1. The molecule has 2 aromatic rings. The maximum atomic E-state index is 11.7. The number of nitrogens with zero attached hydrogens (tertiary/aromatic N) is 6. The van der Waals surface area contributed by atoms with Crippen molar-refractivity contribution in [2.75, 3.05) is 24.5 Å². The number of rotatable bonds is 2. The molecule has 0 fully saturated rings. The van der Waals surface area contributed by atoms with Crippen molar-refractivity contribution in [1.82, 2.24) is 24.6 Å². The van der Waals surface area contributed by atoms with Crippen LogP contribution in [0.1, 0.15) is 24.7 Å². The van der Waals surface area contributed by atoms with Crippen molar-refractivity contribution in [3.63, 3.8) is 0 Å². The fraction of sp³-hybridized carbons (Fsp3) is 0.444. The molecular weight excluding hydrogens is 316 g/mol. The van der Waals surface area contributed by atoms with Crippen LogP contribution in [0.5, 0.6) is 0 Å². The van der Waals surface area contributed by atoms with Crippen molar-refractivity contribution in [2.24, 2.45) is 7.05 Å². The Morgan fingerprint density at radius 3 is 2.72 bits per heavy atom. The van der Waals surface area contributed by atoms with Crippen LogP contribution in [0.3, 0.4) is 0 Å². The molecule has 0 saturated carbocycles. The van der Waals surface area contributed by atoms with Crippen LogP contribution in [0.2, 0.25) is 0 Å². The topological polar surface area (TPSA) is 67.2 Å². The van der Waals surface area contributed by atoms with Gasteiger partial charge in [-0.15, -0.1) is 0 Å². The van der Waals surface area contributed by atoms with E-state index in [0.29, 0.717) is 13.1 Å². The molecule has 2 aliphatic rings. The molecule has 0 spiro atoms. The summed E-state index contributed by atoms with van der Waals surface area (Å²) in [5, 5.41) is 4.29. The van der Waals surface area contributed by atoms with Gasteiger partial charge >= 0.3 is 0 Å². The third-order valence-electron chi connectivity index (χ3n) is 4.77. The second-order valence-corrected chi connectivity index (χ2v) is 6.59. The molecule has 1 amide bonds. The van der Waals surface area contributed by atoms with Gasteiger partial charge in [-0.05, 0) is 6.42 Å². The van der Waals surface area contributed by atoms with Crippen LogP contribution < -0.4 is 4.90 Å². The van der Waals surface area contributed by atoms with E-state index in [2.05, 4.69) is 22.2 Å². The number of carbonyl (C=O) groups is 1. The number of amides is 1. The van der Waals surface area contributed by atoms with Gasteiger partial charge in [0.25, 0.3) is 0 Å². The number of hydrogen-bond acceptors (Lipinski definition) is 5. The highest BCUT2D eigenvalue weighted by Gasteiger charge is 2.25. The molecule has 0 atom stereocenters. The molecular formula is C18H22N6O. The van der Waals surface area contributed by atoms with Gasteiger partial charge in [-0.25, -0.2) is 9.97 Å². The summed E-state index contributed by atoms with van der Waals surface area (Å²) in [5.41, 5.74) is 3.72. The van der Waals surface area contributed by atoms with Crippen LogP contribution in [0.25, 0.3) is 11.3 Å². The molecule has 25 heavy (non-hydrogen) atoms. The van der Waals surface area contributed by atoms with Gasteiger partial charge in [-0.2, -0.15) is 5.10 Å². The molecule has 0 N–H and O–H groups in total. The fourth-order valence-corrected chi connectivity index (χ4v) is 3.38. The third kappa shape index (κ3) is 3.01. The summed E-state index contributed by atoms with van der Waals surface area (Å²) < 4.78 is 1.78. The molecule has 0 saturated heterocycles. The second-order valence-electron chi connectivity index (χ2n) is 6.59. The number of anilines is 1. The Balaban J connectivity index is 1.80. The molecule has 0 aromatic carbocycles. The standard InChI is InChI=1S/C18H22N6O/c1-13(25)24-9-6-15-16(12-24)20-17(14-10-19-22(2)11-14)18(21-15)23-7-4-3-5-8-23/h3-4,10-11H,5-9,12H2,1-2H3. The van der Waals surface area contributed by atoms with Gasteiger partial charge in [-0.1, -0.05) is 12.2 Å². The molecule has 4 rings (SSSR count). The molecule has 4 heterocycles. The van der Waals surface area contributed by atoms with Gasteiger partial charge in [0, 0.05) is 51.8 Å². The second kappa shape index (κ2) is 6.31. The van der Waals surface area contributed by atoms with Crippen LogP contribution in [0.15, 0.2) is 24.5 Å². The zero-order valence-electron chi connectivity index (χ0n) is 14.6. The molecule has 7 nitrogen and oxygen atoms in total. The summed E-state index contributed by atoms with van der Waals surface area (Å²) in [4.78, 5) is 25.7. The van der Waals surface area contributed by atoms with Gasteiger partial charge < -0.3 is 9.80 Å². The van der Waals surface area contributed by atoms with Crippen LogP contribution in [0, 0.1) is 0 Å². The lowest BCUT2D eigenvalue weighted by atomic mass is 10.1. The van der Waals surface area contributed by atoms with Crippen molar-refractivity contribution in [1.29, 1.82) is 0 Å². The summed E-state index contributed by atoms with van der Waals surface area (Å²) in [6, 6.07) is 0. The first-order valence-electron chi connectivity index (χ1n) is 8.66. The first-order chi connectivity index (χ1) is 12.1. The fourth-order valence-electron chi connectivity index (χ4n) is 3.38. The lowest BCUT2D eigenvalue weighted by Crippen LogP contribution is -2.36. The summed E-state index contributed by atoms with van der Waals surface area (Å²) >= 11 is 0. The monoisotopic (exact) mass is 338 g/mol. The summed E-state index contributed by atoms with van der Waals surface area (Å²) in [6.45, 7) is 4.64. The maximum Gasteiger partial charge on any atom is 0.219 e. The quantitative estimate of drug-likeness (QED) is 0.777. The van der Waals surface area contributed by atoms with Crippen molar-refractivity contribution in [2.45, 2.75) is 26.3 Å². The van der Waals surface area contributed by atoms with E-state index in [-0.39, 0.29) is 5.91 Å². The predicted molar refractivity (Wildman–Crippen MR) is 95.0 cm³/mol. The highest BCUT2D eigenvalue weighted by Crippen LogP contribution is 2.31. The number of fused-ring (bicyclic) bond motifs is 1. The zero-order chi connectivity index (χ0) is 17.4. The Morgan fingerprint density at radius 1 is 1.16 bits per heavy atom. The van der Waals surface area contributed by atoms with Crippen LogP contribution in [-0.2, 0) is 24.8 Å².